The summed E-state index contributed by atoms with van der Waals surface area (Å²) in [6, 6.07) is 19.9. The van der Waals surface area contributed by atoms with E-state index in [-0.39, 0.29) is 30.1 Å². The summed E-state index contributed by atoms with van der Waals surface area (Å²) in [5.41, 5.74) is 2.12. The molecule has 0 bridgehead atoms. The van der Waals surface area contributed by atoms with Gasteiger partial charge in [-0.25, -0.2) is 0 Å². The zero-order valence-corrected chi connectivity index (χ0v) is 13.3. The predicted octanol–water partition coefficient (Wildman–Crippen LogP) is 2.67. The number of hydrogen-bond acceptors (Lipinski definition) is 2. The molecule has 1 saturated heterocycles. The molecule has 4 nitrogen and oxygen atoms in total. The van der Waals surface area contributed by atoms with Crippen LogP contribution in [0.2, 0.25) is 0 Å². The largest absolute Gasteiger partial charge is 0.273 e. The Balaban J connectivity index is 2.06. The van der Waals surface area contributed by atoms with E-state index in [0.717, 1.165) is 11.1 Å². The molecular weight excluding hydrogens is 288 g/mol. The topological polar surface area (TPSA) is 40.6 Å². The molecule has 23 heavy (non-hydrogen) atoms. The Morgan fingerprint density at radius 2 is 1.30 bits per heavy atom. The maximum Gasteiger partial charge on any atom is 0.245 e. The second-order valence-electron chi connectivity index (χ2n) is 5.89. The van der Waals surface area contributed by atoms with Gasteiger partial charge < -0.3 is 0 Å². The Bertz CT molecular complexity index is 660. The second-order valence-corrected chi connectivity index (χ2v) is 5.89. The lowest BCUT2D eigenvalue weighted by atomic mass is 9.77. The van der Waals surface area contributed by atoms with E-state index in [1.54, 1.807) is 14.1 Å². The molecule has 3 rings (SSSR count). The fourth-order valence-corrected chi connectivity index (χ4v) is 3.20. The van der Waals surface area contributed by atoms with E-state index in [1.165, 1.54) is 10.0 Å². The van der Waals surface area contributed by atoms with Crippen LogP contribution in [0.1, 0.15) is 23.5 Å². The average molecular weight is 308 g/mol. The van der Waals surface area contributed by atoms with Crippen LogP contribution in [0.25, 0.3) is 0 Å². The number of carbonyl (C=O) groups excluding carboxylic acids is 2. The summed E-state index contributed by atoms with van der Waals surface area (Å²) in [6.07, 6.45) is 0.230. The van der Waals surface area contributed by atoms with Crippen molar-refractivity contribution in [3.8, 4) is 0 Å². The number of hydrogen-bond donors (Lipinski definition) is 0. The molecular formula is C19H20N2O2. The van der Waals surface area contributed by atoms with Crippen molar-refractivity contribution >= 4 is 11.8 Å². The van der Waals surface area contributed by atoms with Gasteiger partial charge in [0, 0.05) is 26.4 Å². The lowest BCUT2D eigenvalue weighted by molar-refractivity contribution is -0.170. The zero-order chi connectivity index (χ0) is 16.4. The standard InChI is InChI=1S/C19H20N2O2/c1-20-17(22)13-16(19(23)21(20)2)18(14-9-5-3-6-10-14)15-11-7-4-8-12-15/h3-12,16,18H,13H2,1-2H3. The molecule has 0 saturated carbocycles. The third-order valence-electron chi connectivity index (χ3n) is 4.56. The van der Waals surface area contributed by atoms with Gasteiger partial charge >= 0.3 is 0 Å². The summed E-state index contributed by atoms with van der Waals surface area (Å²) in [5, 5.41) is 2.82. The lowest BCUT2D eigenvalue weighted by Gasteiger charge is -2.39. The third-order valence-corrected chi connectivity index (χ3v) is 4.56. The summed E-state index contributed by atoms with van der Waals surface area (Å²) in [6.45, 7) is 0. The van der Waals surface area contributed by atoms with Gasteiger partial charge in [0.05, 0.1) is 5.92 Å². The molecule has 0 spiro atoms. The molecule has 1 fully saturated rings. The molecule has 1 aliphatic rings. The van der Waals surface area contributed by atoms with Crippen molar-refractivity contribution in [3.05, 3.63) is 71.8 Å². The number of amides is 2. The van der Waals surface area contributed by atoms with Gasteiger partial charge in [0.25, 0.3) is 0 Å². The number of carbonyl (C=O) groups is 2. The molecule has 4 heteroatoms. The molecule has 2 aromatic rings. The van der Waals surface area contributed by atoms with Crippen molar-refractivity contribution in [1.29, 1.82) is 0 Å². The Kier molecular flexibility index (Phi) is 4.15. The average Bonchev–Trinajstić information content (AvgIpc) is 2.60. The van der Waals surface area contributed by atoms with E-state index in [4.69, 9.17) is 0 Å². The summed E-state index contributed by atoms with van der Waals surface area (Å²) in [4.78, 5) is 25.1. The van der Waals surface area contributed by atoms with Crippen molar-refractivity contribution in [2.75, 3.05) is 14.1 Å². The number of hydrazine groups is 1. The number of rotatable bonds is 3. The highest BCUT2D eigenvalue weighted by Crippen LogP contribution is 2.37. The van der Waals surface area contributed by atoms with Crippen LogP contribution in [0.3, 0.4) is 0 Å². The van der Waals surface area contributed by atoms with Crippen molar-refractivity contribution in [3.63, 3.8) is 0 Å². The van der Waals surface area contributed by atoms with Gasteiger partial charge in [-0.05, 0) is 11.1 Å². The molecule has 2 aromatic carbocycles. The van der Waals surface area contributed by atoms with Crippen LogP contribution in [-0.2, 0) is 9.59 Å². The first kappa shape index (κ1) is 15.3. The Hall–Kier alpha value is -2.62. The van der Waals surface area contributed by atoms with Gasteiger partial charge in [-0.15, -0.1) is 0 Å². The molecule has 0 aliphatic carbocycles. The van der Waals surface area contributed by atoms with Crippen LogP contribution in [-0.4, -0.2) is 35.9 Å². The first-order valence-corrected chi connectivity index (χ1v) is 7.73. The van der Waals surface area contributed by atoms with E-state index >= 15 is 0 Å². The zero-order valence-electron chi connectivity index (χ0n) is 13.3. The van der Waals surface area contributed by atoms with Crippen LogP contribution in [0, 0.1) is 5.92 Å². The molecule has 1 atom stereocenters. The van der Waals surface area contributed by atoms with Crippen LogP contribution < -0.4 is 0 Å². The monoisotopic (exact) mass is 308 g/mol. The lowest BCUT2D eigenvalue weighted by Crippen LogP contribution is -2.54. The minimum atomic E-state index is -0.381. The molecule has 0 aromatic heterocycles. The molecule has 1 heterocycles. The molecule has 1 aliphatic heterocycles. The minimum Gasteiger partial charge on any atom is -0.273 e. The maximum atomic E-state index is 12.8. The molecule has 2 amide bonds. The predicted molar refractivity (Wildman–Crippen MR) is 88.4 cm³/mol. The SMILES string of the molecule is CN1C(=O)CC(C(c2ccccc2)c2ccccc2)C(=O)N1C. The normalized spacial score (nSPS) is 18.7. The van der Waals surface area contributed by atoms with Crippen LogP contribution >= 0.6 is 0 Å². The van der Waals surface area contributed by atoms with Crippen molar-refractivity contribution in [1.82, 2.24) is 10.0 Å². The molecule has 1 unspecified atom stereocenters. The van der Waals surface area contributed by atoms with Crippen LogP contribution in [0.5, 0.6) is 0 Å². The van der Waals surface area contributed by atoms with Crippen molar-refractivity contribution in [2.45, 2.75) is 12.3 Å². The van der Waals surface area contributed by atoms with Gasteiger partial charge in [0.15, 0.2) is 0 Å². The first-order valence-electron chi connectivity index (χ1n) is 7.73. The quantitative estimate of drug-likeness (QED) is 0.874. The van der Waals surface area contributed by atoms with Crippen molar-refractivity contribution < 1.29 is 9.59 Å². The van der Waals surface area contributed by atoms with Crippen molar-refractivity contribution in [2.24, 2.45) is 5.92 Å². The van der Waals surface area contributed by atoms with Gasteiger partial charge in [0.2, 0.25) is 11.8 Å². The summed E-state index contributed by atoms with van der Waals surface area (Å²) in [5.74, 6) is -0.558. The first-order chi connectivity index (χ1) is 11.1. The highest BCUT2D eigenvalue weighted by Gasteiger charge is 2.40. The van der Waals surface area contributed by atoms with Gasteiger partial charge in [-0.1, -0.05) is 60.7 Å². The van der Waals surface area contributed by atoms with Gasteiger partial charge in [0.1, 0.15) is 0 Å². The maximum absolute atomic E-state index is 12.8. The summed E-state index contributed by atoms with van der Waals surface area (Å²) >= 11 is 0. The Labute approximate surface area is 136 Å². The third kappa shape index (κ3) is 2.84. The summed E-state index contributed by atoms with van der Waals surface area (Å²) in [7, 11) is 3.29. The number of nitrogens with zero attached hydrogens (tertiary/aromatic N) is 2. The van der Waals surface area contributed by atoms with Gasteiger partial charge in [-0.2, -0.15) is 0 Å². The van der Waals surface area contributed by atoms with Gasteiger partial charge in [-0.3, -0.25) is 19.6 Å². The van der Waals surface area contributed by atoms with E-state index < -0.39 is 0 Å². The van der Waals surface area contributed by atoms with Crippen LogP contribution in [0.15, 0.2) is 60.7 Å². The summed E-state index contributed by atoms with van der Waals surface area (Å²) < 4.78 is 0. The highest BCUT2D eigenvalue weighted by atomic mass is 16.2. The molecule has 0 radical (unpaired) electrons. The van der Waals surface area contributed by atoms with E-state index in [0.29, 0.717) is 0 Å². The van der Waals surface area contributed by atoms with E-state index in [1.807, 2.05) is 60.7 Å². The van der Waals surface area contributed by atoms with Crippen LogP contribution in [0.4, 0.5) is 0 Å². The number of benzene rings is 2. The Morgan fingerprint density at radius 3 is 1.78 bits per heavy atom. The smallest absolute Gasteiger partial charge is 0.245 e. The highest BCUT2D eigenvalue weighted by molar-refractivity contribution is 5.91. The Morgan fingerprint density at radius 1 is 0.826 bits per heavy atom. The second kappa shape index (κ2) is 6.24. The fraction of sp³-hybridized carbons (Fsp3) is 0.263. The minimum absolute atomic E-state index is 0.0233. The van der Waals surface area contributed by atoms with E-state index in [2.05, 4.69) is 0 Å². The molecule has 0 N–H and O–H groups in total. The fourth-order valence-electron chi connectivity index (χ4n) is 3.20. The van der Waals surface area contributed by atoms with E-state index in [9.17, 15) is 9.59 Å². The molecule has 118 valence electrons.